The molecule has 4 atom stereocenters. The average molecular weight is 422 g/mol. The molecule has 1 unspecified atom stereocenters. The predicted molar refractivity (Wildman–Crippen MR) is 114 cm³/mol. The number of ketones is 1. The van der Waals surface area contributed by atoms with Crippen molar-refractivity contribution in [3.63, 3.8) is 0 Å². The van der Waals surface area contributed by atoms with E-state index in [-0.39, 0.29) is 18.3 Å². The van der Waals surface area contributed by atoms with Gasteiger partial charge in [-0.05, 0) is 18.4 Å². The second kappa shape index (κ2) is 12.0. The first-order chi connectivity index (χ1) is 14.0. The van der Waals surface area contributed by atoms with Gasteiger partial charge in [-0.1, -0.05) is 57.0 Å². The Bertz CT molecular complexity index is 681. The van der Waals surface area contributed by atoms with Gasteiger partial charge in [0.2, 0.25) is 0 Å². The first kappa shape index (κ1) is 23.4. The van der Waals surface area contributed by atoms with Crippen molar-refractivity contribution < 1.29 is 23.9 Å². The van der Waals surface area contributed by atoms with Crippen LogP contribution in [-0.2, 0) is 29.6 Å². The van der Waals surface area contributed by atoms with Gasteiger partial charge in [0.25, 0.3) is 5.91 Å². The van der Waals surface area contributed by atoms with Gasteiger partial charge in [-0.3, -0.25) is 9.59 Å². The number of epoxide rings is 1. The monoisotopic (exact) mass is 421 g/mol. The summed E-state index contributed by atoms with van der Waals surface area (Å²) in [6.45, 7) is 6.08. The second-order valence-corrected chi connectivity index (χ2v) is 8.39. The SMILES string of the molecule is CCCC(C)CC(=O)[C@H](CSCc1ccccc1)NC(=O)[C@H]1O[C@@H]1C(=O)OCC. The molecule has 6 nitrogen and oxygen atoms in total. The highest BCUT2D eigenvalue weighted by molar-refractivity contribution is 7.98. The van der Waals surface area contributed by atoms with E-state index < -0.39 is 30.1 Å². The van der Waals surface area contributed by atoms with Gasteiger partial charge in [0.1, 0.15) is 0 Å². The van der Waals surface area contributed by atoms with E-state index in [1.54, 1.807) is 18.7 Å². The minimum atomic E-state index is -0.864. The number of hydrogen-bond donors (Lipinski definition) is 1. The third-order valence-corrected chi connectivity index (χ3v) is 5.81. The molecule has 160 valence electrons. The van der Waals surface area contributed by atoms with Crippen molar-refractivity contribution in [1.82, 2.24) is 5.32 Å². The Labute approximate surface area is 177 Å². The lowest BCUT2D eigenvalue weighted by Gasteiger charge is -2.19. The van der Waals surface area contributed by atoms with Crippen LogP contribution in [0.2, 0.25) is 0 Å². The Morgan fingerprint density at radius 1 is 1.17 bits per heavy atom. The highest BCUT2D eigenvalue weighted by atomic mass is 32.2. The molecule has 1 heterocycles. The van der Waals surface area contributed by atoms with E-state index in [0.29, 0.717) is 12.2 Å². The summed E-state index contributed by atoms with van der Waals surface area (Å²) in [6, 6.07) is 9.40. The van der Waals surface area contributed by atoms with Crippen LogP contribution in [0.4, 0.5) is 0 Å². The number of carbonyl (C=O) groups is 3. The first-order valence-corrected chi connectivity index (χ1v) is 11.4. The molecule has 29 heavy (non-hydrogen) atoms. The fourth-order valence-electron chi connectivity index (χ4n) is 3.13. The van der Waals surface area contributed by atoms with Crippen LogP contribution in [0.15, 0.2) is 30.3 Å². The number of hydrogen-bond acceptors (Lipinski definition) is 6. The lowest BCUT2D eigenvalue weighted by molar-refractivity contribution is -0.144. The zero-order chi connectivity index (χ0) is 21.2. The van der Waals surface area contributed by atoms with Crippen LogP contribution in [0.5, 0.6) is 0 Å². The number of rotatable bonds is 13. The molecule has 1 amide bonds. The molecular weight excluding hydrogens is 390 g/mol. The van der Waals surface area contributed by atoms with Crippen LogP contribution in [0.25, 0.3) is 0 Å². The minimum absolute atomic E-state index is 0.0215. The van der Waals surface area contributed by atoms with E-state index in [9.17, 15) is 14.4 Å². The maximum Gasteiger partial charge on any atom is 0.338 e. The van der Waals surface area contributed by atoms with Crippen molar-refractivity contribution >= 4 is 29.4 Å². The number of thioether (sulfide) groups is 1. The predicted octanol–water partition coefficient (Wildman–Crippen LogP) is 3.13. The third-order valence-electron chi connectivity index (χ3n) is 4.70. The van der Waals surface area contributed by atoms with Gasteiger partial charge in [-0.25, -0.2) is 4.79 Å². The summed E-state index contributed by atoms with van der Waals surface area (Å²) in [6.07, 6.45) is 0.696. The largest absolute Gasteiger partial charge is 0.464 e. The molecule has 0 saturated carbocycles. The van der Waals surface area contributed by atoms with Gasteiger partial charge >= 0.3 is 5.97 Å². The Kier molecular flexibility index (Phi) is 9.67. The number of carbonyl (C=O) groups excluding carboxylic acids is 3. The molecular formula is C22H31NO5S. The Balaban J connectivity index is 1.91. The third kappa shape index (κ3) is 7.82. The van der Waals surface area contributed by atoms with Gasteiger partial charge in [-0.15, -0.1) is 0 Å². The molecule has 1 aromatic rings. The summed E-state index contributed by atoms with van der Waals surface area (Å²) in [4.78, 5) is 37.0. The zero-order valence-corrected chi connectivity index (χ0v) is 18.2. The molecule has 7 heteroatoms. The van der Waals surface area contributed by atoms with Crippen molar-refractivity contribution in [3.05, 3.63) is 35.9 Å². The van der Waals surface area contributed by atoms with E-state index in [0.717, 1.165) is 18.6 Å². The molecule has 0 aliphatic carbocycles. The Morgan fingerprint density at radius 3 is 2.55 bits per heavy atom. The molecule has 1 saturated heterocycles. The highest BCUT2D eigenvalue weighted by Gasteiger charge is 2.52. The van der Waals surface area contributed by atoms with Crippen molar-refractivity contribution in [2.24, 2.45) is 5.92 Å². The topological polar surface area (TPSA) is 85.0 Å². The average Bonchev–Trinajstić information content (AvgIpc) is 3.49. The summed E-state index contributed by atoms with van der Waals surface area (Å²) in [7, 11) is 0. The molecule has 0 spiro atoms. The maximum atomic E-state index is 12.8. The smallest absolute Gasteiger partial charge is 0.338 e. The number of esters is 1. The van der Waals surface area contributed by atoms with Crippen molar-refractivity contribution in [1.29, 1.82) is 0 Å². The number of amides is 1. The van der Waals surface area contributed by atoms with Crippen LogP contribution in [0.1, 0.15) is 45.6 Å². The quantitative estimate of drug-likeness (QED) is 0.389. The van der Waals surface area contributed by atoms with Crippen molar-refractivity contribution in [2.75, 3.05) is 12.4 Å². The molecule has 2 rings (SSSR count). The maximum absolute atomic E-state index is 12.8. The summed E-state index contributed by atoms with van der Waals surface area (Å²) in [5.74, 6) is 0.574. The minimum Gasteiger partial charge on any atom is -0.464 e. The number of Topliss-reactive ketones (excluding diaryl/α,β-unsaturated/α-hetero) is 1. The molecule has 1 fully saturated rings. The van der Waals surface area contributed by atoms with Crippen LogP contribution in [0.3, 0.4) is 0 Å². The Morgan fingerprint density at radius 2 is 1.90 bits per heavy atom. The normalized spacial score (nSPS) is 19.8. The van der Waals surface area contributed by atoms with Gasteiger partial charge in [0, 0.05) is 17.9 Å². The lowest BCUT2D eigenvalue weighted by Crippen LogP contribution is -2.45. The number of ether oxygens (including phenoxy) is 2. The van der Waals surface area contributed by atoms with Gasteiger partial charge in [0.05, 0.1) is 12.6 Å². The van der Waals surface area contributed by atoms with E-state index in [1.165, 1.54) is 5.56 Å². The summed E-state index contributed by atoms with van der Waals surface area (Å²) in [5.41, 5.74) is 1.17. The van der Waals surface area contributed by atoms with E-state index in [1.807, 2.05) is 30.3 Å². The van der Waals surface area contributed by atoms with Crippen LogP contribution >= 0.6 is 11.8 Å². The molecule has 0 bridgehead atoms. The fraction of sp³-hybridized carbons (Fsp3) is 0.591. The lowest BCUT2D eigenvalue weighted by atomic mass is 9.97. The van der Waals surface area contributed by atoms with Gasteiger partial charge in [0.15, 0.2) is 18.0 Å². The highest BCUT2D eigenvalue weighted by Crippen LogP contribution is 2.24. The summed E-state index contributed by atoms with van der Waals surface area (Å²) in [5, 5.41) is 2.80. The molecule has 1 aromatic carbocycles. The van der Waals surface area contributed by atoms with Crippen LogP contribution in [-0.4, -0.2) is 48.3 Å². The van der Waals surface area contributed by atoms with E-state index in [2.05, 4.69) is 19.2 Å². The molecule has 1 N–H and O–H groups in total. The second-order valence-electron chi connectivity index (χ2n) is 7.36. The van der Waals surface area contributed by atoms with E-state index >= 15 is 0 Å². The molecule has 0 aromatic heterocycles. The summed E-state index contributed by atoms with van der Waals surface area (Å²) < 4.78 is 10.0. The fourth-order valence-corrected chi connectivity index (χ4v) is 4.18. The van der Waals surface area contributed by atoms with Crippen LogP contribution in [0, 0.1) is 5.92 Å². The van der Waals surface area contributed by atoms with Crippen molar-refractivity contribution in [3.8, 4) is 0 Å². The van der Waals surface area contributed by atoms with Gasteiger partial charge in [-0.2, -0.15) is 11.8 Å². The number of nitrogens with one attached hydrogen (secondary N) is 1. The standard InChI is InChI=1S/C22H31NO5S/c1-4-9-15(3)12-18(24)17(14-29-13-16-10-7-6-8-11-16)23-21(25)19-20(28-19)22(26)27-5-2/h6-8,10-11,15,17,19-20H,4-5,9,12-14H2,1-3H3,(H,23,25)/t15?,17-,19-,20-/m0/s1. The first-order valence-electron chi connectivity index (χ1n) is 10.2. The molecule has 1 aliphatic heterocycles. The Hall–Kier alpha value is -1.86. The zero-order valence-electron chi connectivity index (χ0n) is 17.4. The van der Waals surface area contributed by atoms with Crippen LogP contribution < -0.4 is 5.32 Å². The molecule has 1 aliphatic rings. The molecule has 0 radical (unpaired) electrons. The number of benzene rings is 1. The van der Waals surface area contributed by atoms with E-state index in [4.69, 9.17) is 9.47 Å². The summed E-state index contributed by atoms with van der Waals surface area (Å²) >= 11 is 1.60. The van der Waals surface area contributed by atoms with Crippen molar-refractivity contribution in [2.45, 2.75) is 64.0 Å². The van der Waals surface area contributed by atoms with Gasteiger partial charge < -0.3 is 14.8 Å².